The van der Waals surface area contributed by atoms with Crippen molar-refractivity contribution < 1.29 is 0 Å². The van der Waals surface area contributed by atoms with Crippen LogP contribution in [-0.4, -0.2) is 39.9 Å². The van der Waals surface area contributed by atoms with E-state index in [4.69, 9.17) is 19.9 Å². The lowest BCUT2D eigenvalue weighted by Gasteiger charge is -2.12. The molecule has 0 aliphatic rings. The molecule has 6 heterocycles. The zero-order valence-corrected chi connectivity index (χ0v) is 51.9. The molecule has 18 aromatic rings. The van der Waals surface area contributed by atoms with E-state index < -0.39 is 0 Å². The number of nitrogens with zero attached hydrogens (tertiary/aromatic N) is 8. The minimum Gasteiger partial charge on any atom is -0.256 e. The van der Waals surface area contributed by atoms with Gasteiger partial charge >= 0.3 is 0 Å². The minimum atomic E-state index is 0. The molecule has 0 atom stereocenters. The number of hydrogen-bond acceptors (Lipinski definition) is 8. The van der Waals surface area contributed by atoms with E-state index in [1.165, 1.54) is 16.2 Å². The zero-order chi connectivity index (χ0) is 63.7. The number of fused-ring (bicyclic) bond motifs is 6. The van der Waals surface area contributed by atoms with Crippen molar-refractivity contribution >= 4 is 65.2 Å². The summed E-state index contributed by atoms with van der Waals surface area (Å²) < 4.78 is 0. The van der Waals surface area contributed by atoms with E-state index in [0.29, 0.717) is 11.6 Å². The van der Waals surface area contributed by atoms with Crippen LogP contribution in [0.1, 0.15) is 14.9 Å². The molecule has 6 aromatic heterocycles. The number of para-hydroxylation sites is 4. The maximum absolute atomic E-state index is 5.17. The summed E-state index contributed by atoms with van der Waals surface area (Å²) in [6, 6.07) is 110. The smallest absolute Gasteiger partial charge is 0.160 e. The molecule has 98 heavy (non-hydrogen) atoms. The van der Waals surface area contributed by atoms with Crippen LogP contribution in [0.25, 0.3) is 177 Å². The second-order valence-corrected chi connectivity index (χ2v) is 23.8. The summed E-state index contributed by atoms with van der Waals surface area (Å²) in [6.07, 6.45) is 7.50. The molecule has 0 N–H and O–H groups in total. The molecule has 18 rings (SSSR count). The third kappa shape index (κ3) is 11.9. The van der Waals surface area contributed by atoms with Crippen LogP contribution in [0.15, 0.2) is 340 Å². The highest BCUT2D eigenvalue weighted by atomic mass is 14.9. The first-order chi connectivity index (χ1) is 47.5. The molecule has 464 valence electrons. The van der Waals surface area contributed by atoms with Gasteiger partial charge in [0.1, 0.15) is 0 Å². The molecular weight excluding hydrogens is 1190 g/mol. The Kier molecular flexibility index (Phi) is 16.7. The van der Waals surface area contributed by atoms with E-state index in [9.17, 15) is 0 Å². The minimum absolute atomic E-state index is 0. The quantitative estimate of drug-likeness (QED) is 0.133. The van der Waals surface area contributed by atoms with Gasteiger partial charge in [-0.1, -0.05) is 264 Å². The van der Waals surface area contributed by atoms with Crippen LogP contribution in [0.2, 0.25) is 0 Å². The van der Waals surface area contributed by atoms with Gasteiger partial charge in [-0.05, 0) is 133 Å². The van der Waals surface area contributed by atoms with Crippen molar-refractivity contribution in [1.82, 2.24) is 39.9 Å². The van der Waals surface area contributed by atoms with Crippen molar-refractivity contribution in [1.29, 1.82) is 0 Å². The van der Waals surface area contributed by atoms with E-state index in [-0.39, 0.29) is 14.9 Å². The predicted octanol–water partition coefficient (Wildman–Crippen LogP) is 23.4. The highest BCUT2D eigenvalue weighted by Crippen LogP contribution is 2.38. The first-order valence-corrected chi connectivity index (χ1v) is 32.1. The average molecular weight is 1260 g/mol. The first-order valence-electron chi connectivity index (χ1n) is 32.1. The van der Waals surface area contributed by atoms with E-state index in [1.807, 2.05) is 61.2 Å². The predicted molar refractivity (Wildman–Crippen MR) is 408 cm³/mol. The number of rotatable bonds is 10. The van der Waals surface area contributed by atoms with Gasteiger partial charge in [0.2, 0.25) is 0 Å². The zero-order valence-electron chi connectivity index (χ0n) is 51.9. The van der Waals surface area contributed by atoms with Crippen LogP contribution in [-0.2, 0) is 0 Å². The van der Waals surface area contributed by atoms with Crippen molar-refractivity contribution in [2.45, 2.75) is 14.9 Å². The van der Waals surface area contributed by atoms with Crippen LogP contribution < -0.4 is 0 Å². The molecule has 8 heteroatoms. The van der Waals surface area contributed by atoms with Crippen LogP contribution in [0, 0.1) is 0 Å². The lowest BCUT2D eigenvalue weighted by atomic mass is 9.98. The fourth-order valence-corrected chi connectivity index (χ4v) is 13.2. The summed E-state index contributed by atoms with van der Waals surface area (Å²) in [5, 5.41) is 9.27. The van der Waals surface area contributed by atoms with E-state index in [2.05, 4.69) is 299 Å². The van der Waals surface area contributed by atoms with Gasteiger partial charge in [0, 0.05) is 79.7 Å². The Labute approximate surface area is 569 Å². The Bertz CT molecular complexity index is 5640. The van der Waals surface area contributed by atoms with Crippen molar-refractivity contribution in [3.05, 3.63) is 340 Å². The average Bonchev–Trinajstić information content (AvgIpc) is 0.794. The Morgan fingerprint density at radius 1 is 0.173 bits per heavy atom. The fourth-order valence-electron chi connectivity index (χ4n) is 13.2. The third-order valence-corrected chi connectivity index (χ3v) is 18.1. The summed E-state index contributed by atoms with van der Waals surface area (Å²) in [7, 11) is 0. The lowest BCUT2D eigenvalue weighted by Crippen LogP contribution is -1.96. The fraction of sp³-hybridized carbons (Fsp3) is 0.0222. The van der Waals surface area contributed by atoms with Gasteiger partial charge in [0.15, 0.2) is 11.6 Å². The Morgan fingerprint density at radius 3 is 0.888 bits per heavy atom. The molecule has 0 spiro atoms. The van der Waals surface area contributed by atoms with Crippen molar-refractivity contribution in [3.63, 3.8) is 0 Å². The van der Waals surface area contributed by atoms with Crippen LogP contribution >= 0.6 is 0 Å². The molecule has 0 bridgehead atoms. The Morgan fingerprint density at radius 2 is 0.469 bits per heavy atom. The van der Waals surface area contributed by atoms with Crippen molar-refractivity contribution in [2.24, 2.45) is 0 Å². The third-order valence-electron chi connectivity index (χ3n) is 18.1. The largest absolute Gasteiger partial charge is 0.256 e. The summed E-state index contributed by atoms with van der Waals surface area (Å²) in [5.74, 6) is 1.37. The van der Waals surface area contributed by atoms with Crippen molar-refractivity contribution in [2.75, 3.05) is 0 Å². The monoisotopic (exact) mass is 1260 g/mol. The van der Waals surface area contributed by atoms with Gasteiger partial charge in [0.25, 0.3) is 0 Å². The van der Waals surface area contributed by atoms with E-state index in [0.717, 1.165) is 150 Å². The second-order valence-electron chi connectivity index (χ2n) is 23.8. The molecule has 0 radical (unpaired) electrons. The number of benzene rings is 12. The topological polar surface area (TPSA) is 103 Å². The second kappa shape index (κ2) is 26.8. The molecule has 8 nitrogen and oxygen atoms in total. The highest BCUT2D eigenvalue weighted by Gasteiger charge is 2.17. The molecule has 0 aliphatic heterocycles. The Hall–Kier alpha value is -13.0. The summed E-state index contributed by atoms with van der Waals surface area (Å²) in [6.45, 7) is 0. The number of aromatic nitrogens is 8. The maximum atomic E-state index is 5.17. The van der Waals surface area contributed by atoms with Gasteiger partial charge in [0.05, 0.1) is 44.8 Å². The molecule has 0 saturated carbocycles. The highest BCUT2D eigenvalue weighted by molar-refractivity contribution is 6.00. The SMILES string of the molecule is C.C.c1ccc2c(-c3cc(-c4ccc(-c5ccnc6ccccc56)cc4)nc(-c4ccc(-c5ccnc6ccccc56)cc4)n3)cccc2c1.c1ccc2cc(-c3cc(-c4ccc(-c5ccnc6ccccc56)cc4)nc(-c4ccc(-c5ccnc6ccccc56)cc4)n3)ccc2c1. The maximum Gasteiger partial charge on any atom is 0.160 e. The molecule has 0 amide bonds. The summed E-state index contributed by atoms with van der Waals surface area (Å²) in [5.41, 5.74) is 22.7. The van der Waals surface area contributed by atoms with Crippen molar-refractivity contribution in [3.8, 4) is 112 Å². The lowest BCUT2D eigenvalue weighted by molar-refractivity contribution is 1.18. The molecule has 0 saturated heterocycles. The van der Waals surface area contributed by atoms with Crippen LogP contribution in [0.4, 0.5) is 0 Å². The van der Waals surface area contributed by atoms with Gasteiger partial charge in [-0.3, -0.25) is 19.9 Å². The van der Waals surface area contributed by atoms with Gasteiger partial charge < -0.3 is 0 Å². The first kappa shape index (κ1) is 61.2. The molecule has 12 aromatic carbocycles. The van der Waals surface area contributed by atoms with Gasteiger partial charge in [-0.15, -0.1) is 0 Å². The summed E-state index contributed by atoms with van der Waals surface area (Å²) >= 11 is 0. The standard InChI is InChI=1S/2C44H28N4.2CH4/c1-2-10-34-29(8-1)9-7-13-39(34)43-28-42(32-20-16-30(17-21-32)35-24-26-45-40-14-5-3-11-37(35)40)47-44(48-43)33-22-18-31(19-23-33)36-25-27-46-41-15-6-4-12-38(36)41;1-2-8-34-27-35(22-13-29(34)7-1)43-28-42(32-18-14-30(15-19-32)36-23-25-45-40-11-5-3-9-38(36)40)47-44(48-43)33-20-16-31(17-21-33)37-24-26-46-41-12-6-4-10-39(37)41;;/h2*1-28H;2*1H4. The van der Waals surface area contributed by atoms with Crippen LogP contribution in [0.3, 0.4) is 0 Å². The normalized spacial score (nSPS) is 11.1. The molecular formula is C90H64N8. The van der Waals surface area contributed by atoms with Gasteiger partial charge in [-0.2, -0.15) is 0 Å². The summed E-state index contributed by atoms with van der Waals surface area (Å²) in [4.78, 5) is 38.8. The molecule has 0 unspecified atom stereocenters. The molecule has 0 fully saturated rings. The number of hydrogen-bond donors (Lipinski definition) is 0. The number of pyridine rings is 4. The van der Waals surface area contributed by atoms with E-state index in [1.54, 1.807) is 0 Å². The van der Waals surface area contributed by atoms with Gasteiger partial charge in [-0.25, -0.2) is 19.9 Å². The van der Waals surface area contributed by atoms with Crippen LogP contribution in [0.5, 0.6) is 0 Å². The molecule has 0 aliphatic carbocycles. The van der Waals surface area contributed by atoms with E-state index >= 15 is 0 Å². The Balaban J connectivity index is 0.000000157.